The molecule has 2 unspecified atom stereocenters. The lowest BCUT2D eigenvalue weighted by atomic mass is 10.3. The molecule has 6 heteroatoms. The van der Waals surface area contributed by atoms with Crippen molar-refractivity contribution in [2.45, 2.75) is 31.8 Å². The molecule has 0 aliphatic carbocycles. The highest BCUT2D eigenvalue weighted by molar-refractivity contribution is 7.89. The van der Waals surface area contributed by atoms with Crippen LogP contribution in [0.5, 0.6) is 0 Å². The fourth-order valence-electron chi connectivity index (χ4n) is 1.80. The second-order valence-electron chi connectivity index (χ2n) is 4.05. The third-order valence-corrected chi connectivity index (χ3v) is 3.98. The third-order valence-electron chi connectivity index (χ3n) is 2.38. The minimum atomic E-state index is -3.18. The van der Waals surface area contributed by atoms with Gasteiger partial charge in [-0.25, -0.2) is 13.1 Å². The Kier molecular flexibility index (Phi) is 4.98. The van der Waals surface area contributed by atoms with Gasteiger partial charge in [0.1, 0.15) is 0 Å². The second kappa shape index (κ2) is 5.79. The van der Waals surface area contributed by atoms with Gasteiger partial charge in [-0.3, -0.25) is 0 Å². The van der Waals surface area contributed by atoms with Crippen molar-refractivity contribution in [3.05, 3.63) is 0 Å². The average molecular weight is 236 g/mol. The van der Waals surface area contributed by atoms with Crippen molar-refractivity contribution in [1.29, 1.82) is 0 Å². The second-order valence-corrected chi connectivity index (χ2v) is 5.85. The fraction of sp³-hybridized carbons (Fsp3) is 1.00. The first-order valence-electron chi connectivity index (χ1n) is 5.26. The molecule has 0 aromatic rings. The molecule has 0 aromatic heterocycles. The standard InChI is InChI=1S/C9H20N2O3S/c1-8(6-14-2)11-15(12,13)7-9-4-3-5-10-9/h8-11H,3-7H2,1-2H3. The lowest BCUT2D eigenvalue weighted by Crippen LogP contribution is -2.41. The molecule has 15 heavy (non-hydrogen) atoms. The van der Waals surface area contributed by atoms with E-state index in [1.54, 1.807) is 14.0 Å². The van der Waals surface area contributed by atoms with E-state index in [9.17, 15) is 8.42 Å². The van der Waals surface area contributed by atoms with Crippen molar-refractivity contribution < 1.29 is 13.2 Å². The Bertz CT molecular complexity index is 273. The zero-order chi connectivity index (χ0) is 11.3. The van der Waals surface area contributed by atoms with Gasteiger partial charge in [0.05, 0.1) is 12.4 Å². The van der Waals surface area contributed by atoms with Crippen LogP contribution in [0.15, 0.2) is 0 Å². The first-order valence-corrected chi connectivity index (χ1v) is 6.91. The molecule has 0 aromatic carbocycles. The van der Waals surface area contributed by atoms with Crippen molar-refractivity contribution in [3.63, 3.8) is 0 Å². The van der Waals surface area contributed by atoms with Gasteiger partial charge in [0.15, 0.2) is 0 Å². The van der Waals surface area contributed by atoms with Gasteiger partial charge in [-0.2, -0.15) is 0 Å². The maximum atomic E-state index is 11.7. The maximum absolute atomic E-state index is 11.7. The number of nitrogens with one attached hydrogen (secondary N) is 2. The van der Waals surface area contributed by atoms with Gasteiger partial charge in [0, 0.05) is 19.2 Å². The third kappa shape index (κ3) is 4.92. The number of methoxy groups -OCH3 is 1. The van der Waals surface area contributed by atoms with Crippen molar-refractivity contribution in [2.75, 3.05) is 26.0 Å². The molecule has 0 saturated carbocycles. The van der Waals surface area contributed by atoms with Crippen LogP contribution in [0.2, 0.25) is 0 Å². The molecular weight excluding hydrogens is 216 g/mol. The largest absolute Gasteiger partial charge is 0.383 e. The number of hydrogen-bond acceptors (Lipinski definition) is 4. The highest BCUT2D eigenvalue weighted by Crippen LogP contribution is 2.07. The summed E-state index contributed by atoms with van der Waals surface area (Å²) in [6.45, 7) is 3.12. The molecule has 2 N–H and O–H groups in total. The van der Waals surface area contributed by atoms with Crippen LogP contribution in [0.4, 0.5) is 0 Å². The summed E-state index contributed by atoms with van der Waals surface area (Å²) < 4.78 is 30.8. The minimum absolute atomic E-state index is 0.109. The molecule has 1 fully saturated rings. The van der Waals surface area contributed by atoms with E-state index in [0.29, 0.717) is 6.61 Å². The van der Waals surface area contributed by atoms with Crippen molar-refractivity contribution in [2.24, 2.45) is 0 Å². The normalized spacial score (nSPS) is 24.3. The highest BCUT2D eigenvalue weighted by atomic mass is 32.2. The minimum Gasteiger partial charge on any atom is -0.383 e. The smallest absolute Gasteiger partial charge is 0.213 e. The predicted molar refractivity (Wildman–Crippen MR) is 59.3 cm³/mol. The van der Waals surface area contributed by atoms with Gasteiger partial charge in [-0.05, 0) is 26.3 Å². The van der Waals surface area contributed by atoms with Crippen LogP contribution in [0, 0.1) is 0 Å². The van der Waals surface area contributed by atoms with E-state index in [1.165, 1.54) is 0 Å². The van der Waals surface area contributed by atoms with E-state index in [1.807, 2.05) is 0 Å². The van der Waals surface area contributed by atoms with Gasteiger partial charge in [-0.1, -0.05) is 0 Å². The lowest BCUT2D eigenvalue weighted by Gasteiger charge is -2.15. The number of ether oxygens (including phenoxy) is 1. The van der Waals surface area contributed by atoms with E-state index >= 15 is 0 Å². The Morgan fingerprint density at radius 3 is 2.87 bits per heavy atom. The van der Waals surface area contributed by atoms with Crippen molar-refractivity contribution in [1.82, 2.24) is 10.0 Å². The topological polar surface area (TPSA) is 67.4 Å². The van der Waals surface area contributed by atoms with Crippen LogP contribution >= 0.6 is 0 Å². The van der Waals surface area contributed by atoms with Gasteiger partial charge >= 0.3 is 0 Å². The van der Waals surface area contributed by atoms with E-state index in [0.717, 1.165) is 19.4 Å². The molecule has 90 valence electrons. The van der Waals surface area contributed by atoms with Crippen LogP contribution in [-0.4, -0.2) is 46.5 Å². The Morgan fingerprint density at radius 1 is 1.60 bits per heavy atom. The van der Waals surface area contributed by atoms with E-state index in [2.05, 4.69) is 10.0 Å². The maximum Gasteiger partial charge on any atom is 0.213 e. The Morgan fingerprint density at radius 2 is 2.33 bits per heavy atom. The summed E-state index contributed by atoms with van der Waals surface area (Å²) in [5.41, 5.74) is 0. The van der Waals surface area contributed by atoms with E-state index in [4.69, 9.17) is 4.74 Å². The summed E-state index contributed by atoms with van der Waals surface area (Å²) in [6.07, 6.45) is 2.01. The zero-order valence-corrected chi connectivity index (χ0v) is 10.1. The van der Waals surface area contributed by atoms with Crippen LogP contribution in [0.25, 0.3) is 0 Å². The summed E-state index contributed by atoms with van der Waals surface area (Å²) in [6, 6.07) is -0.0568. The summed E-state index contributed by atoms with van der Waals surface area (Å²) in [4.78, 5) is 0. The molecule has 1 heterocycles. The molecule has 1 saturated heterocycles. The molecule has 1 aliphatic rings. The molecule has 0 bridgehead atoms. The van der Waals surface area contributed by atoms with Crippen molar-refractivity contribution >= 4 is 10.0 Å². The quantitative estimate of drug-likeness (QED) is 0.664. The zero-order valence-electron chi connectivity index (χ0n) is 9.32. The summed E-state index contributed by atoms with van der Waals surface area (Å²) in [7, 11) is -1.62. The van der Waals surface area contributed by atoms with Gasteiger partial charge < -0.3 is 10.1 Å². The first-order chi connectivity index (χ1) is 7.03. The van der Waals surface area contributed by atoms with Gasteiger partial charge in [-0.15, -0.1) is 0 Å². The molecule has 0 amide bonds. The molecular formula is C9H20N2O3S. The molecule has 2 atom stereocenters. The highest BCUT2D eigenvalue weighted by Gasteiger charge is 2.23. The van der Waals surface area contributed by atoms with E-state index < -0.39 is 10.0 Å². The Balaban J connectivity index is 2.37. The molecule has 0 radical (unpaired) electrons. The number of hydrogen-bond donors (Lipinski definition) is 2. The first kappa shape index (κ1) is 12.9. The lowest BCUT2D eigenvalue weighted by molar-refractivity contribution is 0.180. The van der Waals surface area contributed by atoms with Gasteiger partial charge in [0.25, 0.3) is 0 Å². The molecule has 0 spiro atoms. The van der Waals surface area contributed by atoms with Crippen molar-refractivity contribution in [3.8, 4) is 0 Å². The summed E-state index contributed by atoms with van der Waals surface area (Å²) >= 11 is 0. The molecule has 5 nitrogen and oxygen atoms in total. The number of rotatable bonds is 6. The predicted octanol–water partition coefficient (Wildman–Crippen LogP) is -0.307. The van der Waals surface area contributed by atoms with Gasteiger partial charge in [0.2, 0.25) is 10.0 Å². The van der Waals surface area contributed by atoms with E-state index in [-0.39, 0.29) is 17.8 Å². The van der Waals surface area contributed by atoms with Crippen LogP contribution in [0.3, 0.4) is 0 Å². The molecule has 1 rings (SSSR count). The molecule has 1 aliphatic heterocycles. The van der Waals surface area contributed by atoms with Crippen LogP contribution < -0.4 is 10.0 Å². The number of sulfonamides is 1. The average Bonchev–Trinajstić information content (AvgIpc) is 2.54. The van der Waals surface area contributed by atoms with Crippen LogP contribution in [0.1, 0.15) is 19.8 Å². The SMILES string of the molecule is COCC(C)NS(=O)(=O)CC1CCCN1. The summed E-state index contributed by atoms with van der Waals surface area (Å²) in [5, 5.41) is 3.17. The fourth-order valence-corrected chi connectivity index (χ4v) is 3.39. The Hall–Kier alpha value is -0.170. The van der Waals surface area contributed by atoms with Crippen LogP contribution in [-0.2, 0) is 14.8 Å². The summed E-state index contributed by atoms with van der Waals surface area (Å²) in [5.74, 6) is 0.168. The monoisotopic (exact) mass is 236 g/mol. The Labute approximate surface area is 91.6 Å².